The molecule has 0 fully saturated rings. The molecule has 2 aromatic heterocycles. The first kappa shape index (κ1) is 16.8. The Morgan fingerprint density at radius 3 is 2.86 bits per heavy atom. The SMILES string of the molecule is O=C(NCc1ccccc1-n1cccn1)c1cccc2c3c([nH]c12)CCCC3. The predicted molar refractivity (Wildman–Crippen MR) is 110 cm³/mol. The summed E-state index contributed by atoms with van der Waals surface area (Å²) < 4.78 is 1.82. The standard InChI is InChI=1S/C23H22N4O/c28-23(24-15-16-7-1-4-12-21(16)27-14-6-13-25-27)19-10-5-9-18-17-8-2-3-11-20(17)26-22(18)19/h1,4-7,9-10,12-14,26H,2-3,8,11,15H2,(H,24,28). The number of benzene rings is 2. The van der Waals surface area contributed by atoms with Gasteiger partial charge in [0.2, 0.25) is 0 Å². The number of aryl methyl sites for hydroxylation is 2. The zero-order chi connectivity index (χ0) is 18.9. The molecule has 0 unspecified atom stereocenters. The van der Waals surface area contributed by atoms with Crippen LogP contribution in [0.1, 0.15) is 40.0 Å². The van der Waals surface area contributed by atoms with Crippen molar-refractivity contribution in [1.29, 1.82) is 0 Å². The number of carbonyl (C=O) groups excluding carboxylic acids is 1. The lowest BCUT2D eigenvalue weighted by Crippen LogP contribution is -2.23. The maximum atomic E-state index is 13.0. The van der Waals surface area contributed by atoms with Crippen LogP contribution in [0.2, 0.25) is 0 Å². The zero-order valence-electron chi connectivity index (χ0n) is 15.6. The van der Waals surface area contributed by atoms with E-state index in [4.69, 9.17) is 0 Å². The predicted octanol–water partition coefficient (Wildman–Crippen LogP) is 4.16. The summed E-state index contributed by atoms with van der Waals surface area (Å²) in [4.78, 5) is 16.5. The van der Waals surface area contributed by atoms with Gasteiger partial charge in [0.15, 0.2) is 0 Å². The summed E-state index contributed by atoms with van der Waals surface area (Å²) in [5, 5.41) is 8.59. The first-order chi connectivity index (χ1) is 13.8. The molecule has 5 nitrogen and oxygen atoms in total. The average Bonchev–Trinajstić information content (AvgIpc) is 3.40. The number of carbonyl (C=O) groups is 1. The van der Waals surface area contributed by atoms with E-state index in [1.54, 1.807) is 6.20 Å². The molecule has 0 radical (unpaired) electrons. The third-order valence-electron chi connectivity index (χ3n) is 5.56. The van der Waals surface area contributed by atoms with E-state index in [1.807, 2.05) is 53.3 Å². The molecule has 2 heterocycles. The van der Waals surface area contributed by atoms with E-state index in [9.17, 15) is 4.79 Å². The zero-order valence-corrected chi connectivity index (χ0v) is 15.6. The number of hydrogen-bond acceptors (Lipinski definition) is 2. The Kier molecular flexibility index (Phi) is 4.20. The molecule has 0 atom stereocenters. The number of fused-ring (bicyclic) bond motifs is 3. The smallest absolute Gasteiger partial charge is 0.253 e. The van der Waals surface area contributed by atoms with Crippen molar-refractivity contribution in [3.63, 3.8) is 0 Å². The molecule has 0 spiro atoms. The Morgan fingerprint density at radius 2 is 1.96 bits per heavy atom. The van der Waals surface area contributed by atoms with Gasteiger partial charge in [-0.3, -0.25) is 4.79 Å². The second kappa shape index (κ2) is 7.00. The Bertz CT molecular complexity index is 1140. The van der Waals surface area contributed by atoms with Crippen LogP contribution >= 0.6 is 0 Å². The highest BCUT2D eigenvalue weighted by atomic mass is 16.1. The van der Waals surface area contributed by atoms with Crippen molar-refractivity contribution in [3.05, 3.63) is 83.3 Å². The number of amides is 1. The molecule has 5 heteroatoms. The molecule has 0 saturated carbocycles. The number of hydrogen-bond donors (Lipinski definition) is 2. The quantitative estimate of drug-likeness (QED) is 0.566. The minimum atomic E-state index is -0.0561. The van der Waals surface area contributed by atoms with Crippen LogP contribution in [0.25, 0.3) is 16.6 Å². The van der Waals surface area contributed by atoms with Crippen molar-refractivity contribution in [2.24, 2.45) is 0 Å². The second-order valence-electron chi connectivity index (χ2n) is 7.28. The van der Waals surface area contributed by atoms with Crippen LogP contribution in [-0.4, -0.2) is 20.7 Å². The second-order valence-corrected chi connectivity index (χ2v) is 7.28. The summed E-state index contributed by atoms with van der Waals surface area (Å²) in [5.41, 5.74) is 6.36. The molecule has 140 valence electrons. The van der Waals surface area contributed by atoms with Gasteiger partial charge in [-0.2, -0.15) is 5.10 Å². The maximum absolute atomic E-state index is 13.0. The Morgan fingerprint density at radius 1 is 1.07 bits per heavy atom. The van der Waals surface area contributed by atoms with E-state index in [0.717, 1.165) is 29.6 Å². The van der Waals surface area contributed by atoms with Gasteiger partial charge in [-0.25, -0.2) is 4.68 Å². The van der Waals surface area contributed by atoms with Crippen molar-refractivity contribution in [2.45, 2.75) is 32.2 Å². The van der Waals surface area contributed by atoms with Gasteiger partial charge in [0.05, 0.1) is 16.8 Å². The monoisotopic (exact) mass is 370 g/mol. The molecule has 0 aliphatic heterocycles. The van der Waals surface area contributed by atoms with Crippen LogP contribution in [0.15, 0.2) is 60.9 Å². The molecule has 1 aliphatic rings. The van der Waals surface area contributed by atoms with Gasteiger partial charge >= 0.3 is 0 Å². The van der Waals surface area contributed by atoms with Crippen LogP contribution < -0.4 is 5.32 Å². The number of nitrogens with zero attached hydrogens (tertiary/aromatic N) is 2. The highest BCUT2D eigenvalue weighted by molar-refractivity contribution is 6.06. The lowest BCUT2D eigenvalue weighted by atomic mass is 9.95. The molecule has 1 aliphatic carbocycles. The van der Waals surface area contributed by atoms with E-state index < -0.39 is 0 Å². The fourth-order valence-corrected chi connectivity index (χ4v) is 4.18. The van der Waals surface area contributed by atoms with E-state index in [1.165, 1.54) is 29.5 Å². The van der Waals surface area contributed by atoms with Gasteiger partial charge in [0, 0.05) is 30.0 Å². The first-order valence-electron chi connectivity index (χ1n) is 9.80. The van der Waals surface area contributed by atoms with Crippen LogP contribution in [0.4, 0.5) is 0 Å². The number of nitrogens with one attached hydrogen (secondary N) is 2. The maximum Gasteiger partial charge on any atom is 0.253 e. The molecular formula is C23H22N4O. The van der Waals surface area contributed by atoms with E-state index in [2.05, 4.69) is 21.5 Å². The molecule has 0 bridgehead atoms. The van der Waals surface area contributed by atoms with E-state index >= 15 is 0 Å². The Hall–Kier alpha value is -3.34. The van der Waals surface area contributed by atoms with Gasteiger partial charge in [-0.1, -0.05) is 30.3 Å². The lowest BCUT2D eigenvalue weighted by Gasteiger charge is -2.11. The fraction of sp³-hybridized carbons (Fsp3) is 0.217. The number of para-hydroxylation sites is 2. The van der Waals surface area contributed by atoms with Crippen LogP contribution in [0.3, 0.4) is 0 Å². The molecule has 5 rings (SSSR count). The van der Waals surface area contributed by atoms with E-state index in [0.29, 0.717) is 12.1 Å². The van der Waals surface area contributed by atoms with Crippen molar-refractivity contribution in [3.8, 4) is 5.69 Å². The molecule has 4 aromatic rings. The summed E-state index contributed by atoms with van der Waals surface area (Å²) in [7, 11) is 0. The largest absolute Gasteiger partial charge is 0.358 e. The molecule has 0 saturated heterocycles. The molecule has 1 amide bonds. The molecule has 28 heavy (non-hydrogen) atoms. The lowest BCUT2D eigenvalue weighted by molar-refractivity contribution is 0.0952. The van der Waals surface area contributed by atoms with Crippen molar-refractivity contribution >= 4 is 16.8 Å². The normalized spacial score (nSPS) is 13.4. The summed E-state index contributed by atoms with van der Waals surface area (Å²) >= 11 is 0. The van der Waals surface area contributed by atoms with Gasteiger partial charge < -0.3 is 10.3 Å². The summed E-state index contributed by atoms with van der Waals surface area (Å²) in [5.74, 6) is -0.0561. The van der Waals surface area contributed by atoms with Crippen LogP contribution in [0.5, 0.6) is 0 Å². The van der Waals surface area contributed by atoms with Gasteiger partial charge in [-0.15, -0.1) is 0 Å². The van der Waals surface area contributed by atoms with Crippen LogP contribution in [-0.2, 0) is 19.4 Å². The first-order valence-corrected chi connectivity index (χ1v) is 9.80. The number of H-pyrrole nitrogens is 1. The number of aromatic amines is 1. The Balaban J connectivity index is 1.42. The van der Waals surface area contributed by atoms with Crippen LogP contribution in [0, 0.1) is 0 Å². The third-order valence-corrected chi connectivity index (χ3v) is 5.56. The van der Waals surface area contributed by atoms with Gasteiger partial charge in [-0.05, 0) is 55.0 Å². The Labute approximate surface area is 163 Å². The molecule has 2 N–H and O–H groups in total. The average molecular weight is 370 g/mol. The highest BCUT2D eigenvalue weighted by Gasteiger charge is 2.19. The number of aromatic nitrogens is 3. The third kappa shape index (κ3) is 2.89. The highest BCUT2D eigenvalue weighted by Crippen LogP contribution is 2.30. The molecular weight excluding hydrogens is 348 g/mol. The minimum absolute atomic E-state index is 0.0561. The topological polar surface area (TPSA) is 62.7 Å². The van der Waals surface area contributed by atoms with Gasteiger partial charge in [0.25, 0.3) is 5.91 Å². The molecule has 2 aromatic carbocycles. The fourth-order valence-electron chi connectivity index (χ4n) is 4.18. The summed E-state index contributed by atoms with van der Waals surface area (Å²) in [6.07, 6.45) is 8.26. The van der Waals surface area contributed by atoms with E-state index in [-0.39, 0.29) is 5.91 Å². The van der Waals surface area contributed by atoms with Gasteiger partial charge in [0.1, 0.15) is 0 Å². The minimum Gasteiger partial charge on any atom is -0.358 e. The van der Waals surface area contributed by atoms with Crippen molar-refractivity contribution in [2.75, 3.05) is 0 Å². The van der Waals surface area contributed by atoms with Crippen molar-refractivity contribution in [1.82, 2.24) is 20.1 Å². The number of rotatable bonds is 4. The van der Waals surface area contributed by atoms with Crippen molar-refractivity contribution < 1.29 is 4.79 Å². The summed E-state index contributed by atoms with van der Waals surface area (Å²) in [6, 6.07) is 15.9. The summed E-state index contributed by atoms with van der Waals surface area (Å²) in [6.45, 7) is 0.450.